The zero-order valence-corrected chi connectivity index (χ0v) is 8.57. The predicted molar refractivity (Wildman–Crippen MR) is 41.1 cm³/mol. The van der Waals surface area contributed by atoms with Crippen LogP contribution in [0.25, 0.3) is 0 Å². The molecule has 1 unspecified atom stereocenters. The van der Waals surface area contributed by atoms with Gasteiger partial charge in [-0.25, -0.2) is 4.21 Å². The molecule has 0 radical (unpaired) electrons. The van der Waals surface area contributed by atoms with Crippen LogP contribution in [0.2, 0.25) is 0 Å². The minimum absolute atomic E-state index is 0. The predicted octanol–water partition coefficient (Wildman–Crippen LogP) is -1.19. The SMILES string of the molecule is CC(C)S(=O)O.O.O.[Ca+2].[H-].[H-]. The van der Waals surface area contributed by atoms with Gasteiger partial charge < -0.3 is 18.4 Å². The van der Waals surface area contributed by atoms with Crippen molar-refractivity contribution in [1.82, 2.24) is 0 Å². The molecule has 0 spiro atoms. The summed E-state index contributed by atoms with van der Waals surface area (Å²) in [6, 6.07) is 0. The zero-order chi connectivity index (χ0) is 5.15. The average Bonchev–Trinajstić information content (AvgIpc) is 1.36. The van der Waals surface area contributed by atoms with Crippen molar-refractivity contribution in [2.75, 3.05) is 0 Å². The summed E-state index contributed by atoms with van der Waals surface area (Å²) in [5, 5.41) is -0.120. The minimum Gasteiger partial charge on any atom is -1.00 e. The van der Waals surface area contributed by atoms with Crippen LogP contribution in [-0.4, -0.2) is 62.7 Å². The third-order valence-electron chi connectivity index (χ3n) is 0.403. The standard InChI is InChI=1S/C3H8O2S.Ca.2H2O.2H/c1-3(2)6(4)5;;;;;/h3H,1-2H3,(H,4,5);;2*1H2;;/q;+2;;;2*-1. The summed E-state index contributed by atoms with van der Waals surface area (Å²) in [7, 11) is 0. The van der Waals surface area contributed by atoms with Crippen LogP contribution >= 0.6 is 0 Å². The quantitative estimate of drug-likeness (QED) is 0.411. The second-order valence-electron chi connectivity index (χ2n) is 1.32. The molecule has 5 N–H and O–H groups in total. The van der Waals surface area contributed by atoms with Gasteiger partial charge in [-0.15, -0.1) is 0 Å². The Labute approximate surface area is 89.9 Å². The molecule has 0 aromatic carbocycles. The monoisotopic (exact) mass is 186 g/mol. The van der Waals surface area contributed by atoms with E-state index in [0.717, 1.165) is 0 Å². The first kappa shape index (κ1) is 22.4. The van der Waals surface area contributed by atoms with Crippen LogP contribution < -0.4 is 0 Å². The van der Waals surface area contributed by atoms with Crippen molar-refractivity contribution < 1.29 is 22.6 Å². The molecule has 58 valence electrons. The van der Waals surface area contributed by atoms with E-state index in [1.165, 1.54) is 0 Å². The third kappa shape index (κ3) is 17.6. The molecular formula is C3H14CaO4S. The minimum atomic E-state index is -1.62. The third-order valence-corrected chi connectivity index (χ3v) is 1.21. The Hall–Kier alpha value is 1.29. The van der Waals surface area contributed by atoms with Gasteiger partial charge in [-0.05, 0) is 13.8 Å². The van der Waals surface area contributed by atoms with Crippen molar-refractivity contribution in [3.05, 3.63) is 0 Å². The Morgan fingerprint density at radius 2 is 1.56 bits per heavy atom. The van der Waals surface area contributed by atoms with Gasteiger partial charge in [0.25, 0.3) is 0 Å². The molecule has 0 rings (SSSR count). The molecule has 6 heteroatoms. The second kappa shape index (κ2) is 12.0. The molecule has 4 nitrogen and oxygen atoms in total. The van der Waals surface area contributed by atoms with Crippen LogP contribution in [0.15, 0.2) is 0 Å². The largest absolute Gasteiger partial charge is 2.00 e. The number of rotatable bonds is 1. The maximum Gasteiger partial charge on any atom is 2.00 e. The van der Waals surface area contributed by atoms with Crippen LogP contribution in [0.4, 0.5) is 0 Å². The number of hydrogen-bond acceptors (Lipinski definition) is 1. The van der Waals surface area contributed by atoms with Gasteiger partial charge in [0, 0.05) is 0 Å². The van der Waals surface area contributed by atoms with E-state index in [9.17, 15) is 4.21 Å². The van der Waals surface area contributed by atoms with Crippen LogP contribution in [0.5, 0.6) is 0 Å². The van der Waals surface area contributed by atoms with Crippen molar-refractivity contribution in [3.8, 4) is 0 Å². The summed E-state index contributed by atoms with van der Waals surface area (Å²) in [4.78, 5) is 0. The Bertz CT molecular complexity index is 74.4. The molecule has 9 heavy (non-hydrogen) atoms. The molecule has 0 aromatic rings. The summed E-state index contributed by atoms with van der Waals surface area (Å²) in [5.74, 6) is 0. The van der Waals surface area contributed by atoms with Crippen LogP contribution in [0.3, 0.4) is 0 Å². The molecule has 0 aliphatic heterocycles. The van der Waals surface area contributed by atoms with Gasteiger partial charge in [0.1, 0.15) is 0 Å². The van der Waals surface area contributed by atoms with E-state index >= 15 is 0 Å². The first-order chi connectivity index (χ1) is 2.64. The van der Waals surface area contributed by atoms with E-state index in [4.69, 9.17) is 4.55 Å². The van der Waals surface area contributed by atoms with E-state index in [1.54, 1.807) is 13.8 Å². The topological polar surface area (TPSA) is 100 Å². The molecular weight excluding hydrogens is 172 g/mol. The maximum atomic E-state index is 9.81. The molecule has 0 bridgehead atoms. The van der Waals surface area contributed by atoms with E-state index in [0.29, 0.717) is 0 Å². The van der Waals surface area contributed by atoms with Gasteiger partial charge in [-0.3, -0.25) is 0 Å². The maximum absolute atomic E-state index is 9.81. The van der Waals surface area contributed by atoms with Crippen molar-refractivity contribution >= 4 is 48.8 Å². The fourth-order valence-electron chi connectivity index (χ4n) is 0. The zero-order valence-electron chi connectivity index (χ0n) is 7.55. The van der Waals surface area contributed by atoms with Crippen molar-refractivity contribution in [2.24, 2.45) is 0 Å². The smallest absolute Gasteiger partial charge is 1.00 e. The Kier molecular flexibility index (Phi) is 30.0. The molecule has 1 atom stereocenters. The van der Waals surface area contributed by atoms with Gasteiger partial charge in [-0.2, -0.15) is 0 Å². The molecule has 0 saturated heterocycles. The molecule has 0 aliphatic carbocycles. The molecule has 0 amide bonds. The molecule has 0 aliphatic rings. The molecule has 0 aromatic heterocycles. The summed E-state index contributed by atoms with van der Waals surface area (Å²) in [6.07, 6.45) is 0. The summed E-state index contributed by atoms with van der Waals surface area (Å²) >= 11 is -1.62. The Balaban J connectivity index is -0.0000000125. The number of hydrogen-bond donors (Lipinski definition) is 1. The van der Waals surface area contributed by atoms with Gasteiger partial charge in [0.05, 0.1) is 5.25 Å². The summed E-state index contributed by atoms with van der Waals surface area (Å²) in [6.45, 7) is 3.38. The second-order valence-corrected chi connectivity index (χ2v) is 2.82. The van der Waals surface area contributed by atoms with E-state index in [-0.39, 0.29) is 56.8 Å². The van der Waals surface area contributed by atoms with Crippen LogP contribution in [0, 0.1) is 0 Å². The average molecular weight is 186 g/mol. The molecule has 0 heterocycles. The van der Waals surface area contributed by atoms with Crippen LogP contribution in [0.1, 0.15) is 16.7 Å². The van der Waals surface area contributed by atoms with E-state index < -0.39 is 11.1 Å². The molecule has 0 saturated carbocycles. The van der Waals surface area contributed by atoms with Crippen molar-refractivity contribution in [2.45, 2.75) is 19.1 Å². The normalized spacial score (nSPS) is 10.2. The first-order valence-electron chi connectivity index (χ1n) is 1.74. The van der Waals surface area contributed by atoms with Gasteiger partial charge in [0.15, 0.2) is 11.1 Å². The summed E-state index contributed by atoms with van der Waals surface area (Å²) < 4.78 is 17.9. The first-order valence-corrected chi connectivity index (χ1v) is 2.91. The fraction of sp³-hybridized carbons (Fsp3) is 1.00. The molecule has 0 fully saturated rings. The van der Waals surface area contributed by atoms with Crippen molar-refractivity contribution in [1.29, 1.82) is 0 Å². The van der Waals surface area contributed by atoms with Crippen LogP contribution in [-0.2, 0) is 11.1 Å². The Morgan fingerprint density at radius 3 is 1.56 bits per heavy atom. The van der Waals surface area contributed by atoms with E-state index in [2.05, 4.69) is 0 Å². The van der Waals surface area contributed by atoms with Gasteiger partial charge in [-0.1, -0.05) is 0 Å². The van der Waals surface area contributed by atoms with Crippen molar-refractivity contribution in [3.63, 3.8) is 0 Å². The Morgan fingerprint density at radius 1 is 1.44 bits per heavy atom. The fourth-order valence-corrected chi connectivity index (χ4v) is 0. The summed E-state index contributed by atoms with van der Waals surface area (Å²) in [5.41, 5.74) is 0. The van der Waals surface area contributed by atoms with Gasteiger partial charge >= 0.3 is 37.7 Å². The van der Waals surface area contributed by atoms with Gasteiger partial charge in [0.2, 0.25) is 0 Å². The van der Waals surface area contributed by atoms with E-state index in [1.807, 2.05) is 0 Å².